The number of sulfone groups is 1. The van der Waals surface area contributed by atoms with E-state index in [2.05, 4.69) is 0 Å². The summed E-state index contributed by atoms with van der Waals surface area (Å²) < 4.78 is 47.4. The van der Waals surface area contributed by atoms with Gasteiger partial charge in [-0.15, -0.1) is 0 Å². The molecule has 2 N–H and O–H groups in total. The van der Waals surface area contributed by atoms with Gasteiger partial charge in [0.15, 0.2) is 0 Å². The van der Waals surface area contributed by atoms with E-state index in [9.17, 15) is 21.6 Å². The molecule has 0 unspecified atom stereocenters. The monoisotopic (exact) mass is 341 g/mol. The molecule has 1 aromatic rings. The smallest absolute Gasteiger partial charge is 0.337 e. The topological polar surface area (TPSA) is 118 Å². The third-order valence-corrected chi connectivity index (χ3v) is 4.91. The van der Waals surface area contributed by atoms with Crippen LogP contribution in [0.15, 0.2) is 18.2 Å². The second kappa shape index (κ2) is 5.98. The molecule has 0 aliphatic rings. The quantitative estimate of drug-likeness (QED) is 0.791. The summed E-state index contributed by atoms with van der Waals surface area (Å²) >= 11 is 5.68. The largest absolute Gasteiger partial charge is 0.478 e. The molecule has 0 amide bonds. The molecule has 112 valence electrons. The van der Waals surface area contributed by atoms with Crippen LogP contribution < -0.4 is 4.72 Å². The fourth-order valence-corrected chi connectivity index (χ4v) is 4.13. The maximum absolute atomic E-state index is 11.7. The molecule has 0 heterocycles. The molecule has 0 aliphatic carbocycles. The summed E-state index contributed by atoms with van der Waals surface area (Å²) in [6.45, 7) is 0. The first-order valence-corrected chi connectivity index (χ1v) is 9.30. The molecule has 0 aliphatic heterocycles. The Labute approximate surface area is 121 Å². The Kier molecular flexibility index (Phi) is 5.00. The van der Waals surface area contributed by atoms with Gasteiger partial charge in [-0.05, 0) is 18.2 Å². The predicted octanol–water partition coefficient (Wildman–Crippen LogP) is 0.824. The number of hydrogen-bond acceptors (Lipinski definition) is 5. The number of carboxylic acids is 1. The summed E-state index contributed by atoms with van der Waals surface area (Å²) in [4.78, 5) is 11.0. The minimum Gasteiger partial charge on any atom is -0.478 e. The van der Waals surface area contributed by atoms with Crippen molar-refractivity contribution in [1.29, 1.82) is 0 Å². The number of nitrogens with one attached hydrogen (secondary N) is 1. The predicted molar refractivity (Wildman–Crippen MR) is 75.5 cm³/mol. The highest BCUT2D eigenvalue weighted by Crippen LogP contribution is 2.22. The van der Waals surface area contributed by atoms with E-state index < -0.39 is 37.3 Å². The maximum atomic E-state index is 11.7. The van der Waals surface area contributed by atoms with E-state index in [4.69, 9.17) is 16.7 Å². The van der Waals surface area contributed by atoms with Crippen LogP contribution in [0, 0.1) is 0 Å². The van der Waals surface area contributed by atoms with Gasteiger partial charge in [0.1, 0.15) is 9.84 Å². The summed E-state index contributed by atoms with van der Waals surface area (Å²) in [5, 5.41) is 9.09. The first-order chi connectivity index (χ1) is 9.00. The lowest BCUT2D eigenvalue weighted by atomic mass is 10.2. The molecule has 0 radical (unpaired) electrons. The molecule has 0 aromatic heterocycles. The second-order valence-electron chi connectivity index (χ2n) is 4.05. The van der Waals surface area contributed by atoms with Gasteiger partial charge in [-0.25, -0.2) is 21.6 Å². The number of benzene rings is 1. The van der Waals surface area contributed by atoms with Gasteiger partial charge in [-0.2, -0.15) is 0 Å². The van der Waals surface area contributed by atoms with Crippen molar-refractivity contribution in [2.45, 2.75) is 0 Å². The standard InChI is InChI=1S/C10H12ClNO6S2/c1-19(15,16)4-5-20(17,18)12-9-6-7(11)2-3-8(9)10(13)14/h2-3,6,12H,4-5H2,1H3,(H,13,14). The van der Waals surface area contributed by atoms with Gasteiger partial charge in [0.25, 0.3) is 0 Å². The molecule has 7 nitrogen and oxygen atoms in total. The van der Waals surface area contributed by atoms with E-state index in [1.54, 1.807) is 0 Å². The summed E-state index contributed by atoms with van der Waals surface area (Å²) in [7, 11) is -7.44. The van der Waals surface area contributed by atoms with Crippen LogP contribution >= 0.6 is 11.6 Å². The second-order valence-corrected chi connectivity index (χ2v) is 8.58. The van der Waals surface area contributed by atoms with Gasteiger partial charge in [-0.1, -0.05) is 11.6 Å². The first-order valence-electron chi connectivity index (χ1n) is 5.21. The molecule has 0 bridgehead atoms. The third-order valence-electron chi connectivity index (χ3n) is 2.20. The van der Waals surface area contributed by atoms with Crippen molar-refractivity contribution in [2.24, 2.45) is 0 Å². The third kappa shape index (κ3) is 5.35. The Morgan fingerprint density at radius 1 is 1.25 bits per heavy atom. The molecule has 1 aromatic carbocycles. The normalized spacial score (nSPS) is 12.1. The van der Waals surface area contributed by atoms with Crippen molar-refractivity contribution in [2.75, 3.05) is 22.5 Å². The Morgan fingerprint density at radius 2 is 1.85 bits per heavy atom. The van der Waals surface area contributed by atoms with E-state index in [0.717, 1.165) is 18.4 Å². The first kappa shape index (κ1) is 16.7. The zero-order chi connectivity index (χ0) is 15.6. The highest BCUT2D eigenvalue weighted by atomic mass is 35.5. The van der Waals surface area contributed by atoms with Gasteiger partial charge in [0.05, 0.1) is 22.8 Å². The Balaban J connectivity index is 3.03. The molecule has 0 saturated heterocycles. The van der Waals surface area contributed by atoms with Crippen LogP contribution in [0.4, 0.5) is 5.69 Å². The lowest BCUT2D eigenvalue weighted by Gasteiger charge is -2.10. The average molecular weight is 342 g/mol. The zero-order valence-corrected chi connectivity index (χ0v) is 12.7. The van der Waals surface area contributed by atoms with Crippen LogP contribution in [-0.4, -0.2) is 45.7 Å². The molecular formula is C10H12ClNO6S2. The number of hydrogen-bond donors (Lipinski definition) is 2. The number of halogens is 1. The van der Waals surface area contributed by atoms with Crippen LogP contribution in [0.1, 0.15) is 10.4 Å². The van der Waals surface area contributed by atoms with E-state index in [1.807, 2.05) is 4.72 Å². The van der Waals surface area contributed by atoms with Crippen molar-refractivity contribution in [3.8, 4) is 0 Å². The molecule has 20 heavy (non-hydrogen) atoms. The zero-order valence-electron chi connectivity index (χ0n) is 10.3. The molecule has 0 saturated carbocycles. The molecule has 0 spiro atoms. The van der Waals surface area contributed by atoms with Crippen LogP contribution in [0.3, 0.4) is 0 Å². The Morgan fingerprint density at radius 3 is 2.35 bits per heavy atom. The summed E-state index contributed by atoms with van der Waals surface area (Å²) in [5.74, 6) is -2.56. The van der Waals surface area contributed by atoms with E-state index in [1.165, 1.54) is 6.07 Å². The molecule has 0 fully saturated rings. The number of sulfonamides is 1. The van der Waals surface area contributed by atoms with Crippen molar-refractivity contribution < 1.29 is 26.7 Å². The minimum atomic E-state index is -3.99. The van der Waals surface area contributed by atoms with Crippen LogP contribution in [-0.2, 0) is 19.9 Å². The number of carbonyl (C=O) groups is 1. The number of carboxylic acid groups (broad SMARTS) is 1. The highest BCUT2D eigenvalue weighted by Gasteiger charge is 2.18. The number of rotatable bonds is 6. The Hall–Kier alpha value is -1.32. The van der Waals surface area contributed by atoms with Gasteiger partial charge >= 0.3 is 5.97 Å². The van der Waals surface area contributed by atoms with Gasteiger partial charge < -0.3 is 5.11 Å². The fourth-order valence-electron chi connectivity index (χ4n) is 1.27. The SMILES string of the molecule is CS(=O)(=O)CCS(=O)(=O)Nc1cc(Cl)ccc1C(=O)O. The maximum Gasteiger partial charge on any atom is 0.337 e. The summed E-state index contributed by atoms with van der Waals surface area (Å²) in [6.07, 6.45) is 0.907. The average Bonchev–Trinajstić information content (AvgIpc) is 2.24. The Bertz CT molecular complexity index is 726. The highest BCUT2D eigenvalue weighted by molar-refractivity contribution is 7.95. The van der Waals surface area contributed by atoms with E-state index in [0.29, 0.717) is 0 Å². The summed E-state index contributed by atoms with van der Waals surface area (Å²) in [5.41, 5.74) is -0.490. The summed E-state index contributed by atoms with van der Waals surface area (Å²) in [6, 6.07) is 3.60. The van der Waals surface area contributed by atoms with Crippen LogP contribution in [0.2, 0.25) is 5.02 Å². The van der Waals surface area contributed by atoms with Gasteiger partial charge in [0, 0.05) is 11.3 Å². The molecule has 10 heteroatoms. The van der Waals surface area contributed by atoms with Crippen molar-refractivity contribution >= 4 is 43.1 Å². The van der Waals surface area contributed by atoms with Crippen molar-refractivity contribution in [1.82, 2.24) is 0 Å². The molecule has 0 atom stereocenters. The molecule has 1 rings (SSSR count). The van der Waals surface area contributed by atoms with Crippen LogP contribution in [0.25, 0.3) is 0 Å². The van der Waals surface area contributed by atoms with Crippen molar-refractivity contribution in [3.63, 3.8) is 0 Å². The van der Waals surface area contributed by atoms with Gasteiger partial charge in [0.2, 0.25) is 10.0 Å². The number of anilines is 1. The van der Waals surface area contributed by atoms with Gasteiger partial charge in [-0.3, -0.25) is 4.72 Å². The van der Waals surface area contributed by atoms with Crippen molar-refractivity contribution in [3.05, 3.63) is 28.8 Å². The minimum absolute atomic E-state index is 0.149. The molecular weight excluding hydrogens is 330 g/mol. The lowest BCUT2D eigenvalue weighted by Crippen LogP contribution is -2.23. The van der Waals surface area contributed by atoms with Crippen LogP contribution in [0.5, 0.6) is 0 Å². The number of aromatic carboxylic acids is 1. The van der Waals surface area contributed by atoms with E-state index >= 15 is 0 Å². The fraction of sp³-hybridized carbons (Fsp3) is 0.300. The lowest BCUT2D eigenvalue weighted by molar-refractivity contribution is 0.0698. The van der Waals surface area contributed by atoms with E-state index in [-0.39, 0.29) is 16.3 Å².